The maximum atomic E-state index is 11.0. The lowest BCUT2D eigenvalue weighted by Crippen LogP contribution is -2.25. The number of nitrogens with two attached hydrogens (primary N) is 1. The van der Waals surface area contributed by atoms with Crippen molar-refractivity contribution in [2.45, 2.75) is 13.0 Å². The van der Waals surface area contributed by atoms with Crippen molar-refractivity contribution in [2.24, 2.45) is 5.73 Å². The van der Waals surface area contributed by atoms with Gasteiger partial charge in [0.05, 0.1) is 0 Å². The summed E-state index contributed by atoms with van der Waals surface area (Å²) in [6.45, 7) is 2.49. The summed E-state index contributed by atoms with van der Waals surface area (Å²) in [7, 11) is 0. The van der Waals surface area contributed by atoms with Gasteiger partial charge in [0, 0.05) is 16.7 Å². The largest absolute Gasteiger partial charge is 0.486 e. The number of ether oxygens (including phenoxy) is 2. The van der Waals surface area contributed by atoms with Crippen molar-refractivity contribution in [3.8, 4) is 11.5 Å². The summed E-state index contributed by atoms with van der Waals surface area (Å²) in [5, 5.41) is 9.41. The van der Waals surface area contributed by atoms with Gasteiger partial charge in [0.2, 0.25) is 0 Å². The van der Waals surface area contributed by atoms with E-state index in [1.165, 1.54) is 0 Å². The second-order valence-corrected chi connectivity index (χ2v) is 4.14. The normalized spacial score (nSPS) is 15.5. The number of hydrogen-bond acceptors (Lipinski definition) is 4. The number of carbonyl (C=O) groups is 1. The fourth-order valence-electron chi connectivity index (χ4n) is 1.77. The van der Waals surface area contributed by atoms with Crippen LogP contribution < -0.4 is 15.2 Å². The molecule has 0 aliphatic carbocycles. The van der Waals surface area contributed by atoms with E-state index in [9.17, 15) is 4.79 Å². The molecule has 1 heterocycles. The molecule has 1 atom stereocenters. The molecule has 1 aromatic rings. The molecule has 1 aromatic carbocycles. The highest BCUT2D eigenvalue weighted by Gasteiger charge is 2.27. The molecule has 0 saturated heterocycles. The van der Waals surface area contributed by atoms with Gasteiger partial charge in [-0.3, -0.25) is 4.79 Å². The van der Waals surface area contributed by atoms with Crippen LogP contribution in [0.1, 0.15) is 17.2 Å². The Balaban J connectivity index is 2.62. The second kappa shape index (κ2) is 4.43. The number of benzene rings is 1. The molecule has 0 aromatic heterocycles. The van der Waals surface area contributed by atoms with Crippen LogP contribution in [0.2, 0.25) is 5.02 Å². The predicted molar refractivity (Wildman–Crippen MR) is 61.7 cm³/mol. The van der Waals surface area contributed by atoms with Crippen molar-refractivity contribution in [2.75, 3.05) is 13.2 Å². The van der Waals surface area contributed by atoms with E-state index in [0.29, 0.717) is 40.9 Å². The average Bonchev–Trinajstić information content (AvgIpc) is 2.30. The number of fused-ring (bicyclic) bond motifs is 1. The zero-order valence-corrected chi connectivity index (χ0v) is 9.95. The highest BCUT2D eigenvalue weighted by molar-refractivity contribution is 6.31. The summed E-state index contributed by atoms with van der Waals surface area (Å²) in [4.78, 5) is 11.0. The van der Waals surface area contributed by atoms with E-state index in [-0.39, 0.29) is 0 Å². The standard InChI is InChI=1S/C11H12ClNO4/c1-5-6(12)4-7-10(17-3-2-16-7)8(5)9(13)11(14)15/h4,9H,2-3,13H2,1H3,(H,14,15). The zero-order chi connectivity index (χ0) is 12.6. The van der Waals surface area contributed by atoms with Gasteiger partial charge in [0.25, 0.3) is 0 Å². The van der Waals surface area contributed by atoms with Gasteiger partial charge in [-0.25, -0.2) is 0 Å². The number of rotatable bonds is 2. The van der Waals surface area contributed by atoms with Gasteiger partial charge in [-0.2, -0.15) is 0 Å². The highest BCUT2D eigenvalue weighted by Crippen LogP contribution is 2.42. The van der Waals surface area contributed by atoms with E-state index in [2.05, 4.69) is 0 Å². The first-order valence-electron chi connectivity index (χ1n) is 5.09. The summed E-state index contributed by atoms with van der Waals surface area (Å²) in [5.74, 6) is -0.307. The Morgan fingerprint density at radius 1 is 1.53 bits per heavy atom. The minimum absolute atomic E-state index is 0.368. The first-order chi connectivity index (χ1) is 8.02. The Bertz CT molecular complexity index is 475. The molecule has 0 fully saturated rings. The monoisotopic (exact) mass is 257 g/mol. The lowest BCUT2D eigenvalue weighted by Gasteiger charge is -2.24. The van der Waals surface area contributed by atoms with Crippen LogP contribution in [-0.2, 0) is 4.79 Å². The molecule has 0 bridgehead atoms. The molecule has 0 radical (unpaired) electrons. The molecule has 3 N–H and O–H groups in total. The second-order valence-electron chi connectivity index (χ2n) is 3.74. The Morgan fingerprint density at radius 2 is 2.18 bits per heavy atom. The van der Waals surface area contributed by atoms with Crippen LogP contribution in [0.25, 0.3) is 0 Å². The van der Waals surface area contributed by atoms with E-state index in [1.54, 1.807) is 13.0 Å². The first-order valence-corrected chi connectivity index (χ1v) is 5.47. The molecule has 1 aliphatic rings. The molecular formula is C11H12ClNO4. The Morgan fingerprint density at radius 3 is 2.82 bits per heavy atom. The van der Waals surface area contributed by atoms with E-state index < -0.39 is 12.0 Å². The number of halogens is 1. The predicted octanol–water partition coefficient (Wildman–Crippen LogP) is 1.50. The minimum atomic E-state index is -1.18. The molecule has 1 unspecified atom stereocenters. The SMILES string of the molecule is Cc1c(Cl)cc2c(c1C(N)C(=O)O)OCCO2. The third kappa shape index (κ3) is 2.03. The minimum Gasteiger partial charge on any atom is -0.486 e. The summed E-state index contributed by atoms with van der Waals surface area (Å²) in [5.41, 5.74) is 6.62. The van der Waals surface area contributed by atoms with Crippen LogP contribution in [-0.4, -0.2) is 24.3 Å². The molecule has 2 rings (SSSR count). The third-order valence-electron chi connectivity index (χ3n) is 2.65. The Kier molecular flexibility index (Phi) is 3.13. The number of carboxylic acids is 1. The zero-order valence-electron chi connectivity index (χ0n) is 9.20. The molecule has 0 amide bonds. The fraction of sp³-hybridized carbons (Fsp3) is 0.364. The molecule has 92 valence electrons. The van der Waals surface area contributed by atoms with Gasteiger partial charge in [-0.15, -0.1) is 0 Å². The smallest absolute Gasteiger partial charge is 0.325 e. The molecule has 6 heteroatoms. The van der Waals surface area contributed by atoms with Crippen LogP contribution in [0.3, 0.4) is 0 Å². The number of hydrogen-bond donors (Lipinski definition) is 2. The lowest BCUT2D eigenvalue weighted by atomic mass is 9.99. The Labute approximate surface area is 103 Å². The van der Waals surface area contributed by atoms with Gasteiger partial charge < -0.3 is 20.3 Å². The van der Waals surface area contributed by atoms with Crippen LogP contribution >= 0.6 is 11.6 Å². The van der Waals surface area contributed by atoms with Gasteiger partial charge in [-0.1, -0.05) is 11.6 Å². The quantitative estimate of drug-likeness (QED) is 0.839. The number of aliphatic carboxylic acids is 1. The molecule has 0 saturated carbocycles. The number of carboxylic acid groups (broad SMARTS) is 1. The third-order valence-corrected chi connectivity index (χ3v) is 3.05. The van der Waals surface area contributed by atoms with Gasteiger partial charge in [0.1, 0.15) is 19.3 Å². The van der Waals surface area contributed by atoms with Crippen LogP contribution in [0, 0.1) is 6.92 Å². The van der Waals surface area contributed by atoms with Gasteiger partial charge in [-0.05, 0) is 12.5 Å². The van der Waals surface area contributed by atoms with Crippen molar-refractivity contribution in [1.29, 1.82) is 0 Å². The van der Waals surface area contributed by atoms with Crippen molar-refractivity contribution in [3.63, 3.8) is 0 Å². The van der Waals surface area contributed by atoms with Crippen molar-refractivity contribution in [3.05, 3.63) is 22.2 Å². The molecular weight excluding hydrogens is 246 g/mol. The van der Waals surface area contributed by atoms with Crippen LogP contribution in [0.15, 0.2) is 6.07 Å². The first kappa shape index (κ1) is 12.0. The van der Waals surface area contributed by atoms with E-state index in [1.807, 2.05) is 0 Å². The van der Waals surface area contributed by atoms with Gasteiger partial charge >= 0.3 is 5.97 Å². The topological polar surface area (TPSA) is 81.8 Å². The van der Waals surface area contributed by atoms with Crippen LogP contribution in [0.5, 0.6) is 11.5 Å². The molecule has 1 aliphatic heterocycles. The van der Waals surface area contributed by atoms with E-state index >= 15 is 0 Å². The summed E-state index contributed by atoms with van der Waals surface area (Å²) in [6.07, 6.45) is 0. The highest BCUT2D eigenvalue weighted by atomic mass is 35.5. The maximum Gasteiger partial charge on any atom is 0.325 e. The summed E-state index contributed by atoms with van der Waals surface area (Å²) in [6, 6.07) is 0.438. The fourth-order valence-corrected chi connectivity index (χ4v) is 1.97. The average molecular weight is 258 g/mol. The Hall–Kier alpha value is -1.46. The van der Waals surface area contributed by atoms with E-state index in [0.717, 1.165) is 0 Å². The van der Waals surface area contributed by atoms with Crippen molar-refractivity contribution in [1.82, 2.24) is 0 Å². The van der Waals surface area contributed by atoms with E-state index in [4.69, 9.17) is 31.9 Å². The van der Waals surface area contributed by atoms with Gasteiger partial charge in [0.15, 0.2) is 11.5 Å². The molecule has 17 heavy (non-hydrogen) atoms. The summed E-state index contributed by atoms with van der Waals surface area (Å²) < 4.78 is 10.8. The maximum absolute atomic E-state index is 11.0. The van der Waals surface area contributed by atoms with Crippen molar-refractivity contribution < 1.29 is 19.4 Å². The molecule has 5 nitrogen and oxygen atoms in total. The molecule has 0 spiro atoms. The lowest BCUT2D eigenvalue weighted by molar-refractivity contribution is -0.138. The van der Waals surface area contributed by atoms with Crippen molar-refractivity contribution >= 4 is 17.6 Å². The van der Waals surface area contributed by atoms with Crippen LogP contribution in [0.4, 0.5) is 0 Å². The summed E-state index contributed by atoms with van der Waals surface area (Å²) >= 11 is 6.02.